The average molecular weight is 564 g/mol. The molecule has 0 aromatic heterocycles. The number of carbonyl (C=O) groups is 2. The van der Waals surface area contributed by atoms with E-state index in [1.807, 2.05) is 32.6 Å². The van der Waals surface area contributed by atoms with Crippen LogP contribution in [0, 0.1) is 5.92 Å². The summed E-state index contributed by atoms with van der Waals surface area (Å²) in [7, 11) is -3.25. The predicted molar refractivity (Wildman–Crippen MR) is 154 cm³/mol. The summed E-state index contributed by atoms with van der Waals surface area (Å²) in [5.74, 6) is 0.588. The molecule has 2 fully saturated rings. The summed E-state index contributed by atoms with van der Waals surface area (Å²) in [6, 6.07) is 6.96. The highest BCUT2D eigenvalue weighted by Crippen LogP contribution is 2.29. The van der Waals surface area contributed by atoms with E-state index in [1.165, 1.54) is 25.5 Å². The van der Waals surface area contributed by atoms with E-state index >= 15 is 0 Å². The lowest BCUT2D eigenvalue weighted by Gasteiger charge is -2.39. The zero-order valence-electron chi connectivity index (χ0n) is 24.6. The zero-order valence-corrected chi connectivity index (χ0v) is 25.4. The van der Waals surface area contributed by atoms with Crippen molar-refractivity contribution in [3.63, 3.8) is 0 Å². The first kappa shape index (κ1) is 31.4. The molecule has 9 heteroatoms. The summed E-state index contributed by atoms with van der Waals surface area (Å²) in [5.41, 5.74) is 0.320. The van der Waals surface area contributed by atoms with Crippen LogP contribution in [0.15, 0.2) is 29.2 Å². The highest BCUT2D eigenvalue weighted by molar-refractivity contribution is 7.90. The van der Waals surface area contributed by atoms with Crippen molar-refractivity contribution in [1.29, 1.82) is 0 Å². The minimum atomic E-state index is -3.25. The third kappa shape index (κ3) is 10.1. The van der Waals surface area contributed by atoms with Crippen molar-refractivity contribution in [2.75, 3.05) is 32.4 Å². The van der Waals surface area contributed by atoms with Crippen LogP contribution in [0.1, 0.15) is 84.6 Å². The number of alkyl carbamates (subject to hydrolysis) is 1. The van der Waals surface area contributed by atoms with Gasteiger partial charge in [0.25, 0.3) is 0 Å². The molecular weight excluding hydrogens is 514 g/mol. The Morgan fingerprint density at radius 1 is 1.05 bits per heavy atom. The Hall–Kier alpha value is -2.13. The number of rotatable bonds is 10. The first-order chi connectivity index (χ1) is 18.4. The maximum Gasteiger partial charge on any atom is 0.407 e. The number of carbonyl (C=O) groups excluding carboxylic acids is 2. The van der Waals surface area contributed by atoms with Crippen molar-refractivity contribution in [2.45, 2.75) is 108 Å². The standard InChI is InChI=1S/C30H49N3O5S/c1-6-33(28(34)22-23-12-14-26(15-13-23)39(5,36)37)25-16-19-32(20-17-25)21-18-27(24-10-8-7-9-11-24)31-29(35)38-30(2,3)4/h12-15,24-25,27H,6-11,16-22H2,1-5H3,(H,31,35). The van der Waals surface area contributed by atoms with Crippen molar-refractivity contribution in [1.82, 2.24) is 15.1 Å². The van der Waals surface area contributed by atoms with Gasteiger partial charge < -0.3 is 19.9 Å². The number of nitrogens with zero attached hydrogens (tertiary/aromatic N) is 2. The molecular formula is C30H49N3O5S. The number of likely N-dealkylation sites (N-methyl/N-ethyl adjacent to an activating group) is 1. The molecule has 8 nitrogen and oxygen atoms in total. The number of sulfone groups is 1. The monoisotopic (exact) mass is 563 g/mol. The lowest BCUT2D eigenvalue weighted by atomic mass is 9.82. The van der Waals surface area contributed by atoms with E-state index in [9.17, 15) is 18.0 Å². The summed E-state index contributed by atoms with van der Waals surface area (Å²) in [4.78, 5) is 30.4. The van der Waals surface area contributed by atoms with Crippen LogP contribution < -0.4 is 5.32 Å². The van der Waals surface area contributed by atoms with E-state index in [4.69, 9.17) is 4.74 Å². The van der Waals surface area contributed by atoms with Crippen LogP contribution in [0.3, 0.4) is 0 Å². The fraction of sp³-hybridized carbons (Fsp3) is 0.733. The van der Waals surface area contributed by atoms with Gasteiger partial charge in [-0.25, -0.2) is 13.2 Å². The summed E-state index contributed by atoms with van der Waals surface area (Å²) in [6.07, 6.45) is 9.97. The number of nitrogens with one attached hydrogen (secondary N) is 1. The summed E-state index contributed by atoms with van der Waals surface area (Å²) in [5, 5.41) is 3.19. The van der Waals surface area contributed by atoms with Crippen molar-refractivity contribution in [3.8, 4) is 0 Å². The van der Waals surface area contributed by atoms with Crippen LogP contribution in [0.5, 0.6) is 0 Å². The Bertz CT molecular complexity index is 1040. The second-order valence-electron chi connectivity index (χ2n) is 12.3. The molecule has 0 radical (unpaired) electrons. The quantitative estimate of drug-likeness (QED) is 0.439. The Kier molecular flexibility index (Phi) is 11.2. The van der Waals surface area contributed by atoms with E-state index in [2.05, 4.69) is 10.2 Å². The largest absolute Gasteiger partial charge is 0.444 e. The Morgan fingerprint density at radius 2 is 1.67 bits per heavy atom. The fourth-order valence-corrected chi connectivity index (χ4v) is 6.60. The topological polar surface area (TPSA) is 96.0 Å². The minimum Gasteiger partial charge on any atom is -0.444 e. The molecule has 1 N–H and O–H groups in total. The summed E-state index contributed by atoms with van der Waals surface area (Å²) < 4.78 is 29.0. The predicted octanol–water partition coefficient (Wildman–Crippen LogP) is 4.81. The van der Waals surface area contributed by atoms with Gasteiger partial charge in [-0.15, -0.1) is 0 Å². The SMILES string of the molecule is CCN(C(=O)Cc1ccc(S(C)(=O)=O)cc1)C1CCN(CCC(NC(=O)OC(C)(C)C)C2CCCCC2)CC1. The summed E-state index contributed by atoms with van der Waals surface area (Å²) in [6.45, 7) is 11.2. The third-order valence-corrected chi connectivity index (χ3v) is 9.17. The lowest BCUT2D eigenvalue weighted by molar-refractivity contribution is -0.133. The normalized spacial score (nSPS) is 18.9. The number of piperidine rings is 1. The van der Waals surface area contributed by atoms with Gasteiger partial charge in [0.15, 0.2) is 9.84 Å². The molecule has 1 aromatic carbocycles. The maximum absolute atomic E-state index is 13.1. The second-order valence-corrected chi connectivity index (χ2v) is 14.3. The zero-order chi connectivity index (χ0) is 28.6. The van der Waals surface area contributed by atoms with Crippen molar-refractivity contribution >= 4 is 21.8 Å². The first-order valence-electron chi connectivity index (χ1n) is 14.7. The van der Waals surface area contributed by atoms with Gasteiger partial charge in [-0.3, -0.25) is 4.79 Å². The van der Waals surface area contributed by atoms with Crippen LogP contribution >= 0.6 is 0 Å². The van der Waals surface area contributed by atoms with Gasteiger partial charge in [0.05, 0.1) is 11.3 Å². The Balaban J connectivity index is 1.50. The van der Waals surface area contributed by atoms with Crippen LogP contribution in [-0.4, -0.2) is 80.3 Å². The molecule has 1 saturated heterocycles. The third-order valence-electron chi connectivity index (χ3n) is 8.04. The fourth-order valence-electron chi connectivity index (χ4n) is 5.97. The summed E-state index contributed by atoms with van der Waals surface area (Å²) >= 11 is 0. The van der Waals surface area contributed by atoms with Crippen molar-refractivity contribution in [2.24, 2.45) is 5.92 Å². The molecule has 1 aliphatic heterocycles. The molecule has 39 heavy (non-hydrogen) atoms. The van der Waals surface area contributed by atoms with Crippen LogP contribution in [-0.2, 0) is 25.8 Å². The van der Waals surface area contributed by atoms with E-state index in [-0.39, 0.29) is 35.4 Å². The lowest BCUT2D eigenvalue weighted by Crippen LogP contribution is -2.49. The molecule has 0 bridgehead atoms. The number of amides is 2. The van der Waals surface area contributed by atoms with E-state index < -0.39 is 15.4 Å². The minimum absolute atomic E-state index is 0.0852. The molecule has 1 aromatic rings. The highest BCUT2D eigenvalue weighted by atomic mass is 32.2. The number of benzene rings is 1. The van der Waals surface area contributed by atoms with Crippen LogP contribution in [0.4, 0.5) is 4.79 Å². The van der Waals surface area contributed by atoms with E-state index in [0.717, 1.165) is 57.3 Å². The number of ether oxygens (including phenoxy) is 1. The second kappa shape index (κ2) is 14.0. The first-order valence-corrected chi connectivity index (χ1v) is 16.5. The van der Waals surface area contributed by atoms with Gasteiger partial charge in [-0.05, 0) is 83.4 Å². The molecule has 1 heterocycles. The maximum atomic E-state index is 13.1. The number of hydrogen-bond acceptors (Lipinski definition) is 6. The molecule has 1 aliphatic carbocycles. The van der Waals surface area contributed by atoms with Gasteiger partial charge in [0.1, 0.15) is 5.60 Å². The molecule has 1 unspecified atom stereocenters. The Morgan fingerprint density at radius 3 is 2.21 bits per heavy atom. The molecule has 1 atom stereocenters. The van der Waals surface area contributed by atoms with Gasteiger partial charge in [-0.1, -0.05) is 31.4 Å². The average Bonchev–Trinajstić information content (AvgIpc) is 2.87. The highest BCUT2D eigenvalue weighted by Gasteiger charge is 2.30. The van der Waals surface area contributed by atoms with Crippen molar-refractivity contribution in [3.05, 3.63) is 29.8 Å². The van der Waals surface area contributed by atoms with Crippen LogP contribution in [0.25, 0.3) is 0 Å². The van der Waals surface area contributed by atoms with E-state index in [1.54, 1.807) is 24.3 Å². The van der Waals surface area contributed by atoms with Crippen LogP contribution in [0.2, 0.25) is 0 Å². The van der Waals surface area contributed by atoms with E-state index in [0.29, 0.717) is 12.5 Å². The molecule has 2 amide bonds. The molecule has 2 aliphatic rings. The van der Waals surface area contributed by atoms with Crippen molar-refractivity contribution < 1.29 is 22.7 Å². The number of likely N-dealkylation sites (tertiary alicyclic amines) is 1. The van der Waals surface area contributed by atoms with Gasteiger partial charge >= 0.3 is 6.09 Å². The Labute approximate surface area is 235 Å². The smallest absolute Gasteiger partial charge is 0.407 e. The molecule has 220 valence electrons. The molecule has 1 saturated carbocycles. The van der Waals surface area contributed by atoms with Gasteiger partial charge in [-0.2, -0.15) is 0 Å². The van der Waals surface area contributed by atoms with Gasteiger partial charge in [0, 0.05) is 44.5 Å². The number of hydrogen-bond donors (Lipinski definition) is 1. The van der Waals surface area contributed by atoms with Gasteiger partial charge in [0.2, 0.25) is 5.91 Å². The molecule has 0 spiro atoms. The molecule has 3 rings (SSSR count).